The minimum absolute atomic E-state index is 0.0885. The largest absolute Gasteiger partial charge is 0.404 e. The Kier molecular flexibility index (Phi) is 4.33. The van der Waals surface area contributed by atoms with Gasteiger partial charge in [-0.15, -0.1) is 0 Å². The monoisotopic (exact) mass is 209 g/mol. The molecular formula is C12H23N3. The summed E-state index contributed by atoms with van der Waals surface area (Å²) in [6, 6.07) is 0.476. The van der Waals surface area contributed by atoms with E-state index in [2.05, 4.69) is 31.1 Å². The van der Waals surface area contributed by atoms with Crippen molar-refractivity contribution in [2.45, 2.75) is 39.7 Å². The van der Waals surface area contributed by atoms with E-state index in [1.165, 1.54) is 0 Å². The van der Waals surface area contributed by atoms with Gasteiger partial charge in [-0.3, -0.25) is 4.99 Å². The van der Waals surface area contributed by atoms with Gasteiger partial charge in [-0.05, 0) is 43.1 Å². The van der Waals surface area contributed by atoms with Gasteiger partial charge in [0.25, 0.3) is 0 Å². The summed E-state index contributed by atoms with van der Waals surface area (Å²) in [5, 5.41) is 3.33. The molecule has 3 nitrogen and oxygen atoms in total. The molecule has 0 aromatic heterocycles. The summed E-state index contributed by atoms with van der Waals surface area (Å²) < 4.78 is 0. The molecule has 0 amide bonds. The zero-order valence-corrected chi connectivity index (χ0v) is 10.1. The number of hydrogen-bond acceptors (Lipinski definition) is 3. The quantitative estimate of drug-likeness (QED) is 0.680. The van der Waals surface area contributed by atoms with E-state index in [0.717, 1.165) is 31.5 Å². The van der Waals surface area contributed by atoms with Crippen LogP contribution in [0.2, 0.25) is 0 Å². The van der Waals surface area contributed by atoms with Gasteiger partial charge < -0.3 is 11.1 Å². The summed E-state index contributed by atoms with van der Waals surface area (Å²) in [6.45, 7) is 8.62. The third-order valence-corrected chi connectivity index (χ3v) is 2.78. The van der Waals surface area contributed by atoms with E-state index in [4.69, 9.17) is 5.73 Å². The number of nitrogens with two attached hydrogens (primary N) is 1. The molecule has 86 valence electrons. The van der Waals surface area contributed by atoms with Gasteiger partial charge in [0.05, 0.1) is 6.04 Å². The van der Waals surface area contributed by atoms with E-state index in [9.17, 15) is 0 Å². The molecule has 0 radical (unpaired) electrons. The normalized spacial score (nSPS) is 21.1. The molecule has 0 saturated carbocycles. The molecule has 1 aliphatic rings. The summed E-state index contributed by atoms with van der Waals surface area (Å²) in [7, 11) is 0. The van der Waals surface area contributed by atoms with Gasteiger partial charge in [0.1, 0.15) is 0 Å². The molecule has 1 aliphatic heterocycles. The lowest BCUT2D eigenvalue weighted by Crippen LogP contribution is -2.30. The highest BCUT2D eigenvalue weighted by molar-refractivity contribution is 5.80. The van der Waals surface area contributed by atoms with Gasteiger partial charge in [0, 0.05) is 6.21 Å². The van der Waals surface area contributed by atoms with Gasteiger partial charge in [-0.25, -0.2) is 0 Å². The fourth-order valence-electron chi connectivity index (χ4n) is 1.63. The van der Waals surface area contributed by atoms with Gasteiger partial charge in [0.15, 0.2) is 0 Å². The third kappa shape index (κ3) is 4.04. The van der Waals surface area contributed by atoms with Crippen LogP contribution in [-0.2, 0) is 0 Å². The van der Waals surface area contributed by atoms with Crippen LogP contribution in [0.15, 0.2) is 16.8 Å². The van der Waals surface area contributed by atoms with E-state index in [1.54, 1.807) is 6.20 Å². The van der Waals surface area contributed by atoms with Gasteiger partial charge in [-0.2, -0.15) is 0 Å². The fraction of sp³-hybridized carbons (Fsp3) is 0.750. The average molecular weight is 209 g/mol. The number of nitrogens with zero attached hydrogens (tertiary/aromatic N) is 1. The van der Waals surface area contributed by atoms with Crippen LogP contribution >= 0.6 is 0 Å². The summed E-state index contributed by atoms with van der Waals surface area (Å²) >= 11 is 0. The molecule has 1 saturated heterocycles. The van der Waals surface area contributed by atoms with E-state index in [-0.39, 0.29) is 5.41 Å². The van der Waals surface area contributed by atoms with Crippen molar-refractivity contribution in [3.63, 3.8) is 0 Å². The molecular weight excluding hydrogens is 186 g/mol. The lowest BCUT2D eigenvalue weighted by molar-refractivity contribution is 0.459. The van der Waals surface area contributed by atoms with Crippen LogP contribution < -0.4 is 11.1 Å². The predicted molar refractivity (Wildman–Crippen MR) is 66.1 cm³/mol. The second-order valence-electron chi connectivity index (χ2n) is 5.13. The Morgan fingerprint density at radius 1 is 1.33 bits per heavy atom. The molecule has 15 heavy (non-hydrogen) atoms. The van der Waals surface area contributed by atoms with Crippen molar-refractivity contribution in [1.82, 2.24) is 5.32 Å². The standard InChI is InChI=1S/C12H23N3/c1-12(2,3)10(8-13)9-15-11-4-6-14-7-5-11/h8-9,11,14H,4-7,13H2,1-3H3/b10-8+,15-9?. The van der Waals surface area contributed by atoms with Gasteiger partial charge >= 0.3 is 0 Å². The molecule has 0 bridgehead atoms. The number of piperidine rings is 1. The molecule has 0 aliphatic carbocycles. The van der Waals surface area contributed by atoms with Crippen LogP contribution in [0.4, 0.5) is 0 Å². The van der Waals surface area contributed by atoms with Crippen LogP contribution in [0.3, 0.4) is 0 Å². The van der Waals surface area contributed by atoms with Crippen molar-refractivity contribution < 1.29 is 0 Å². The minimum Gasteiger partial charge on any atom is -0.404 e. The molecule has 3 heteroatoms. The Balaban J connectivity index is 2.54. The van der Waals surface area contributed by atoms with E-state index in [0.29, 0.717) is 6.04 Å². The number of hydrogen-bond donors (Lipinski definition) is 2. The molecule has 1 rings (SSSR count). The molecule has 0 aromatic carbocycles. The minimum atomic E-state index is 0.0885. The predicted octanol–water partition coefficient (Wildman–Crippen LogP) is 1.70. The molecule has 0 atom stereocenters. The van der Waals surface area contributed by atoms with Crippen molar-refractivity contribution in [1.29, 1.82) is 0 Å². The van der Waals surface area contributed by atoms with Crippen LogP contribution in [0.5, 0.6) is 0 Å². The average Bonchev–Trinajstić information content (AvgIpc) is 2.18. The first kappa shape index (κ1) is 12.2. The Labute approximate surface area is 92.8 Å². The Bertz CT molecular complexity index is 242. The Morgan fingerprint density at radius 3 is 2.40 bits per heavy atom. The first-order valence-electron chi connectivity index (χ1n) is 5.70. The van der Waals surface area contributed by atoms with Crippen molar-refractivity contribution in [3.8, 4) is 0 Å². The van der Waals surface area contributed by atoms with E-state index < -0.39 is 0 Å². The first-order chi connectivity index (χ1) is 7.04. The lowest BCUT2D eigenvalue weighted by atomic mass is 9.88. The van der Waals surface area contributed by atoms with Crippen LogP contribution in [0.25, 0.3) is 0 Å². The SMILES string of the molecule is CC(C)(C)/C(C=NC1CCNCC1)=C/N. The number of aliphatic imine (C=N–C) groups is 1. The highest BCUT2D eigenvalue weighted by Crippen LogP contribution is 2.23. The maximum atomic E-state index is 5.61. The van der Waals surface area contributed by atoms with Gasteiger partial charge in [0.2, 0.25) is 0 Å². The lowest BCUT2D eigenvalue weighted by Gasteiger charge is -2.22. The summed E-state index contributed by atoms with van der Waals surface area (Å²) in [5.41, 5.74) is 6.81. The van der Waals surface area contributed by atoms with Gasteiger partial charge in [-0.1, -0.05) is 20.8 Å². The maximum Gasteiger partial charge on any atom is 0.0523 e. The number of allylic oxidation sites excluding steroid dienone is 1. The number of rotatable bonds is 2. The fourth-order valence-corrected chi connectivity index (χ4v) is 1.63. The molecule has 0 spiro atoms. The molecule has 0 unspecified atom stereocenters. The zero-order valence-electron chi connectivity index (χ0n) is 10.1. The van der Waals surface area contributed by atoms with Crippen LogP contribution in [0, 0.1) is 5.41 Å². The zero-order chi connectivity index (χ0) is 11.3. The van der Waals surface area contributed by atoms with Crippen molar-refractivity contribution in [3.05, 3.63) is 11.8 Å². The summed E-state index contributed by atoms with van der Waals surface area (Å²) in [4.78, 5) is 4.61. The van der Waals surface area contributed by atoms with Crippen LogP contribution in [-0.4, -0.2) is 25.3 Å². The third-order valence-electron chi connectivity index (χ3n) is 2.78. The van der Waals surface area contributed by atoms with Crippen LogP contribution in [0.1, 0.15) is 33.6 Å². The summed E-state index contributed by atoms with van der Waals surface area (Å²) in [5.74, 6) is 0. The van der Waals surface area contributed by atoms with Crippen molar-refractivity contribution >= 4 is 6.21 Å². The molecule has 1 fully saturated rings. The first-order valence-corrected chi connectivity index (χ1v) is 5.70. The second kappa shape index (κ2) is 5.31. The van der Waals surface area contributed by atoms with Crippen molar-refractivity contribution in [2.75, 3.05) is 13.1 Å². The Morgan fingerprint density at radius 2 is 1.93 bits per heavy atom. The van der Waals surface area contributed by atoms with E-state index in [1.807, 2.05) is 6.21 Å². The molecule has 1 heterocycles. The topological polar surface area (TPSA) is 50.4 Å². The maximum absolute atomic E-state index is 5.61. The second-order valence-corrected chi connectivity index (χ2v) is 5.13. The highest BCUT2D eigenvalue weighted by Gasteiger charge is 2.16. The molecule has 3 N–H and O–H groups in total. The van der Waals surface area contributed by atoms with Crippen molar-refractivity contribution in [2.24, 2.45) is 16.1 Å². The Hall–Kier alpha value is -0.830. The highest BCUT2D eigenvalue weighted by atomic mass is 14.9. The van der Waals surface area contributed by atoms with E-state index >= 15 is 0 Å². The molecule has 0 aromatic rings. The smallest absolute Gasteiger partial charge is 0.0523 e. The summed E-state index contributed by atoms with van der Waals surface area (Å²) in [6.07, 6.45) is 5.90. The number of nitrogens with one attached hydrogen (secondary N) is 1.